The van der Waals surface area contributed by atoms with Gasteiger partial charge in [0, 0.05) is 18.7 Å². The lowest BCUT2D eigenvalue weighted by molar-refractivity contribution is -0.117. The second-order valence-electron chi connectivity index (χ2n) is 8.90. The van der Waals surface area contributed by atoms with Crippen molar-refractivity contribution in [3.05, 3.63) is 58.4 Å². The van der Waals surface area contributed by atoms with Crippen molar-refractivity contribution in [3.8, 4) is 5.75 Å². The lowest BCUT2D eigenvalue weighted by Gasteiger charge is -2.39. The fraction of sp³-hybridized carbons (Fsp3) is 0.500. The Bertz CT molecular complexity index is 930. The average Bonchev–Trinajstić information content (AvgIpc) is 2.76. The zero-order valence-corrected chi connectivity index (χ0v) is 19.2. The molecule has 0 atom stereocenters. The number of benzene rings is 1. The third kappa shape index (κ3) is 5.79. The highest BCUT2D eigenvalue weighted by atomic mass is 16.5. The van der Waals surface area contributed by atoms with Crippen LogP contribution in [-0.4, -0.2) is 48.2 Å². The normalized spacial score (nSPS) is 16.1. The Morgan fingerprint density at radius 3 is 2.61 bits per heavy atom. The van der Waals surface area contributed by atoms with Crippen molar-refractivity contribution in [2.24, 2.45) is 0 Å². The van der Waals surface area contributed by atoms with Gasteiger partial charge in [-0.3, -0.25) is 9.88 Å². The molecule has 0 amide bonds. The third-order valence-corrected chi connectivity index (χ3v) is 6.49. The Balaban J connectivity index is 1.54. The number of Topliss-reactive ketones (excluding diaryl/α,β-unsaturated/α-hetero) is 1. The van der Waals surface area contributed by atoms with Crippen molar-refractivity contribution in [2.75, 3.05) is 26.2 Å². The summed E-state index contributed by atoms with van der Waals surface area (Å²) in [5.41, 5.74) is 5.22. The third-order valence-electron chi connectivity index (χ3n) is 6.49. The van der Waals surface area contributed by atoms with Gasteiger partial charge in [-0.05, 0) is 82.8 Å². The van der Waals surface area contributed by atoms with Crippen LogP contribution in [0.25, 0.3) is 0 Å². The number of aromatic nitrogens is 1. The van der Waals surface area contributed by atoms with Crippen LogP contribution in [0, 0.1) is 20.8 Å². The molecule has 0 saturated carbocycles. The van der Waals surface area contributed by atoms with Gasteiger partial charge in [-0.1, -0.05) is 23.8 Å². The van der Waals surface area contributed by atoms with E-state index in [2.05, 4.69) is 41.9 Å². The lowest BCUT2D eigenvalue weighted by atomic mass is 9.72. The van der Waals surface area contributed by atoms with Crippen molar-refractivity contribution in [1.29, 1.82) is 0 Å². The average molecular weight is 423 g/mol. The summed E-state index contributed by atoms with van der Waals surface area (Å²) in [5.74, 6) is 0.932. The summed E-state index contributed by atoms with van der Waals surface area (Å²) >= 11 is 0. The molecule has 31 heavy (non-hydrogen) atoms. The first-order chi connectivity index (χ1) is 14.8. The molecule has 1 fully saturated rings. The van der Waals surface area contributed by atoms with Crippen LogP contribution in [0.15, 0.2) is 30.5 Å². The number of nitrogens with zero attached hydrogens (tertiary/aromatic N) is 2. The van der Waals surface area contributed by atoms with Crippen LogP contribution in [0.2, 0.25) is 0 Å². The van der Waals surface area contributed by atoms with Crippen LogP contribution < -0.4 is 4.74 Å². The Morgan fingerprint density at radius 2 is 1.94 bits per heavy atom. The van der Waals surface area contributed by atoms with Crippen molar-refractivity contribution >= 4 is 12.1 Å². The first-order valence-corrected chi connectivity index (χ1v) is 11.2. The molecule has 1 aliphatic heterocycles. The molecule has 5 heteroatoms. The van der Waals surface area contributed by atoms with Crippen molar-refractivity contribution in [3.63, 3.8) is 0 Å². The number of carbonyl (C=O) groups excluding carboxylic acids is 2. The highest BCUT2D eigenvalue weighted by molar-refractivity contribution is 5.75. The monoisotopic (exact) mass is 422 g/mol. The largest absolute Gasteiger partial charge is 0.491 e. The van der Waals surface area contributed by atoms with Crippen LogP contribution in [-0.2, 0) is 21.4 Å². The number of aryl methyl sites for hydroxylation is 4. The molecule has 166 valence electrons. The zero-order chi connectivity index (χ0) is 22.4. The number of ketones is 1. The topological polar surface area (TPSA) is 59.5 Å². The van der Waals surface area contributed by atoms with E-state index in [0.29, 0.717) is 19.4 Å². The molecule has 1 aromatic heterocycles. The van der Waals surface area contributed by atoms with E-state index >= 15 is 0 Å². The highest BCUT2D eigenvalue weighted by Gasteiger charge is 2.37. The summed E-state index contributed by atoms with van der Waals surface area (Å²) in [6.45, 7) is 10.9. The Labute approximate surface area is 185 Å². The van der Waals surface area contributed by atoms with Gasteiger partial charge in [-0.15, -0.1) is 0 Å². The van der Waals surface area contributed by atoms with Gasteiger partial charge in [0.05, 0.1) is 11.6 Å². The fourth-order valence-corrected chi connectivity index (χ4v) is 4.39. The Morgan fingerprint density at radius 1 is 1.19 bits per heavy atom. The molecular weight excluding hydrogens is 388 g/mol. The molecule has 0 N–H and O–H groups in total. The number of ether oxygens (including phenoxy) is 1. The first kappa shape index (κ1) is 23.1. The number of pyridine rings is 1. The molecule has 3 rings (SSSR count). The molecule has 1 aromatic carbocycles. The zero-order valence-electron chi connectivity index (χ0n) is 19.2. The smallest absolute Gasteiger partial charge is 0.137 e. The van der Waals surface area contributed by atoms with E-state index in [4.69, 9.17) is 4.74 Å². The van der Waals surface area contributed by atoms with Gasteiger partial charge in [0.15, 0.2) is 0 Å². The van der Waals surface area contributed by atoms with Gasteiger partial charge < -0.3 is 14.3 Å². The highest BCUT2D eigenvalue weighted by Crippen LogP contribution is 2.36. The molecule has 5 nitrogen and oxygen atoms in total. The molecule has 0 unspecified atom stereocenters. The number of hydrogen-bond donors (Lipinski definition) is 0. The molecular formula is C26H34N2O3. The van der Waals surface area contributed by atoms with Gasteiger partial charge in [0.1, 0.15) is 24.4 Å². The maximum atomic E-state index is 12.1. The van der Waals surface area contributed by atoms with Crippen LogP contribution >= 0.6 is 0 Å². The lowest BCUT2D eigenvalue weighted by Crippen LogP contribution is -2.45. The SMILES string of the molecule is CC(=O)CCc1cc(OCCN2CCC(C=O)(c3cc(C)ccc3C)CC2)cnc1C. The maximum absolute atomic E-state index is 12.1. The number of likely N-dealkylation sites (tertiary alicyclic amines) is 1. The second-order valence-corrected chi connectivity index (χ2v) is 8.90. The standard InChI is InChI=1S/C26H34N2O3/c1-19-5-6-20(2)25(15-19)26(18-29)9-11-28(12-10-26)13-14-31-24-16-23(8-7-21(3)30)22(4)27-17-24/h5-6,15-18H,7-14H2,1-4H3. The van der Waals surface area contributed by atoms with Crippen molar-refractivity contribution in [2.45, 2.75) is 58.8 Å². The van der Waals surface area contributed by atoms with Gasteiger partial charge >= 0.3 is 0 Å². The molecule has 1 saturated heterocycles. The predicted octanol–water partition coefficient (Wildman–Crippen LogP) is 4.14. The maximum Gasteiger partial charge on any atom is 0.137 e. The van der Waals surface area contributed by atoms with Gasteiger partial charge in [-0.2, -0.15) is 0 Å². The molecule has 0 radical (unpaired) electrons. The number of hydrogen-bond acceptors (Lipinski definition) is 5. The summed E-state index contributed by atoms with van der Waals surface area (Å²) in [4.78, 5) is 30.2. The molecule has 0 spiro atoms. The number of rotatable bonds is 9. The minimum Gasteiger partial charge on any atom is -0.491 e. The summed E-state index contributed by atoms with van der Waals surface area (Å²) < 4.78 is 5.95. The second kappa shape index (κ2) is 10.2. The summed E-state index contributed by atoms with van der Waals surface area (Å²) in [6.07, 6.45) is 5.82. The van der Waals surface area contributed by atoms with E-state index in [9.17, 15) is 9.59 Å². The van der Waals surface area contributed by atoms with Gasteiger partial charge in [0.25, 0.3) is 0 Å². The molecule has 2 heterocycles. The number of piperidine rings is 1. The van der Waals surface area contributed by atoms with E-state index in [1.807, 2.05) is 13.0 Å². The minimum atomic E-state index is -0.375. The van der Waals surface area contributed by atoms with E-state index in [-0.39, 0.29) is 11.2 Å². The Hall–Kier alpha value is -2.53. The quantitative estimate of drug-likeness (QED) is 0.569. The van der Waals surface area contributed by atoms with Crippen LogP contribution in [0.1, 0.15) is 54.1 Å². The van der Waals surface area contributed by atoms with Crippen molar-refractivity contribution in [1.82, 2.24) is 9.88 Å². The minimum absolute atomic E-state index is 0.183. The van der Waals surface area contributed by atoms with Crippen molar-refractivity contribution < 1.29 is 14.3 Å². The van der Waals surface area contributed by atoms with E-state index in [1.54, 1.807) is 13.1 Å². The molecule has 1 aliphatic rings. The van der Waals surface area contributed by atoms with Gasteiger partial charge in [-0.25, -0.2) is 0 Å². The van der Waals surface area contributed by atoms with E-state index in [1.165, 1.54) is 23.0 Å². The molecule has 2 aromatic rings. The predicted molar refractivity (Wildman–Crippen MR) is 123 cm³/mol. The van der Waals surface area contributed by atoms with E-state index < -0.39 is 0 Å². The van der Waals surface area contributed by atoms with E-state index in [0.717, 1.165) is 49.5 Å². The number of carbonyl (C=O) groups is 2. The van der Waals surface area contributed by atoms with Crippen LogP contribution in [0.5, 0.6) is 5.75 Å². The molecule has 0 aliphatic carbocycles. The first-order valence-electron chi connectivity index (χ1n) is 11.2. The van der Waals surface area contributed by atoms with Crippen LogP contribution in [0.3, 0.4) is 0 Å². The Kier molecular flexibility index (Phi) is 7.60. The van der Waals surface area contributed by atoms with Crippen LogP contribution in [0.4, 0.5) is 0 Å². The molecule has 0 bridgehead atoms. The fourth-order valence-electron chi connectivity index (χ4n) is 4.39. The summed E-state index contributed by atoms with van der Waals surface area (Å²) in [5, 5.41) is 0. The van der Waals surface area contributed by atoms with Gasteiger partial charge in [0.2, 0.25) is 0 Å². The summed E-state index contributed by atoms with van der Waals surface area (Å²) in [7, 11) is 0. The summed E-state index contributed by atoms with van der Waals surface area (Å²) in [6, 6.07) is 8.40. The number of aldehydes is 1.